The number of aryl methyl sites for hydroxylation is 2. The number of hydrogen-bond acceptors (Lipinski definition) is 1. The molecule has 0 fully saturated rings. The van der Waals surface area contributed by atoms with Gasteiger partial charge in [-0.1, -0.05) is 6.07 Å². The molecule has 0 bridgehead atoms. The molecule has 1 atom stereocenters. The first-order valence-corrected chi connectivity index (χ1v) is 4.04. The topological polar surface area (TPSA) is 26.0 Å². The number of benzene rings is 1. The van der Waals surface area contributed by atoms with Crippen molar-refractivity contribution in [2.75, 3.05) is 0 Å². The van der Waals surface area contributed by atoms with Crippen molar-refractivity contribution >= 4 is 0 Å². The van der Waals surface area contributed by atoms with E-state index in [1.807, 2.05) is 19.9 Å². The lowest BCUT2D eigenvalue weighted by Gasteiger charge is -2.10. The molecular weight excluding hydrogens is 153 g/mol. The number of rotatable bonds is 1. The minimum atomic E-state index is -0.156. The van der Waals surface area contributed by atoms with Crippen molar-refractivity contribution in [1.29, 1.82) is 0 Å². The quantitative estimate of drug-likeness (QED) is 0.683. The van der Waals surface area contributed by atoms with Gasteiger partial charge < -0.3 is 5.73 Å². The van der Waals surface area contributed by atoms with Gasteiger partial charge in [0, 0.05) is 6.04 Å². The lowest BCUT2D eigenvalue weighted by atomic mass is 10.0. The monoisotopic (exact) mass is 167 g/mol. The molecule has 0 heterocycles. The van der Waals surface area contributed by atoms with Crippen LogP contribution < -0.4 is 5.73 Å². The van der Waals surface area contributed by atoms with E-state index in [1.54, 1.807) is 6.92 Å². The highest BCUT2D eigenvalue weighted by atomic mass is 19.1. The van der Waals surface area contributed by atoms with Crippen molar-refractivity contribution in [2.45, 2.75) is 26.8 Å². The van der Waals surface area contributed by atoms with E-state index in [9.17, 15) is 4.39 Å². The van der Waals surface area contributed by atoms with Crippen LogP contribution in [0.4, 0.5) is 4.39 Å². The summed E-state index contributed by atoms with van der Waals surface area (Å²) < 4.78 is 13.0. The number of halogens is 1. The maximum absolute atomic E-state index is 13.0. The molecule has 66 valence electrons. The lowest BCUT2D eigenvalue weighted by Crippen LogP contribution is -2.07. The molecular formula is C10H14FN. The third-order valence-corrected chi connectivity index (χ3v) is 2.04. The number of hydrogen-bond donors (Lipinski definition) is 1. The van der Waals surface area contributed by atoms with Gasteiger partial charge in [-0.3, -0.25) is 0 Å². The van der Waals surface area contributed by atoms with Crippen molar-refractivity contribution < 1.29 is 4.39 Å². The second-order valence-electron chi connectivity index (χ2n) is 3.25. The molecule has 0 radical (unpaired) electrons. The third-order valence-electron chi connectivity index (χ3n) is 2.04. The average molecular weight is 167 g/mol. The van der Waals surface area contributed by atoms with E-state index >= 15 is 0 Å². The van der Waals surface area contributed by atoms with Crippen LogP contribution >= 0.6 is 0 Å². The first-order chi connectivity index (χ1) is 5.52. The summed E-state index contributed by atoms with van der Waals surface area (Å²) in [5.74, 6) is -0.156. The lowest BCUT2D eigenvalue weighted by molar-refractivity contribution is 0.614. The summed E-state index contributed by atoms with van der Waals surface area (Å²) in [5.41, 5.74) is 8.32. The van der Waals surface area contributed by atoms with Crippen LogP contribution in [0.1, 0.15) is 29.7 Å². The molecule has 1 aromatic rings. The fourth-order valence-corrected chi connectivity index (χ4v) is 1.29. The summed E-state index contributed by atoms with van der Waals surface area (Å²) >= 11 is 0. The van der Waals surface area contributed by atoms with Crippen LogP contribution in [-0.4, -0.2) is 0 Å². The molecule has 1 rings (SSSR count). The molecule has 12 heavy (non-hydrogen) atoms. The zero-order valence-corrected chi connectivity index (χ0v) is 7.69. The van der Waals surface area contributed by atoms with Crippen LogP contribution in [-0.2, 0) is 0 Å². The molecule has 0 amide bonds. The molecule has 0 saturated carbocycles. The maximum atomic E-state index is 13.0. The molecule has 0 aromatic heterocycles. The zero-order chi connectivity index (χ0) is 9.30. The van der Waals surface area contributed by atoms with Crippen molar-refractivity contribution in [2.24, 2.45) is 5.73 Å². The van der Waals surface area contributed by atoms with Crippen LogP contribution in [0.25, 0.3) is 0 Å². The van der Waals surface area contributed by atoms with Crippen LogP contribution in [0.3, 0.4) is 0 Å². The third kappa shape index (κ3) is 1.64. The summed E-state index contributed by atoms with van der Waals surface area (Å²) in [4.78, 5) is 0. The molecule has 1 aromatic carbocycles. The Bertz CT molecular complexity index is 292. The maximum Gasteiger partial charge on any atom is 0.126 e. The second kappa shape index (κ2) is 3.23. The highest BCUT2D eigenvalue weighted by Crippen LogP contribution is 2.19. The molecule has 2 N–H and O–H groups in total. The minimum absolute atomic E-state index is 0.0238. The van der Waals surface area contributed by atoms with Crippen molar-refractivity contribution in [3.8, 4) is 0 Å². The van der Waals surface area contributed by atoms with Crippen LogP contribution in [0, 0.1) is 19.7 Å². The van der Waals surface area contributed by atoms with E-state index in [4.69, 9.17) is 5.73 Å². The van der Waals surface area contributed by atoms with Crippen LogP contribution in [0.2, 0.25) is 0 Å². The van der Waals surface area contributed by atoms with Crippen LogP contribution in [0.5, 0.6) is 0 Å². The molecule has 0 aliphatic heterocycles. The van der Waals surface area contributed by atoms with Crippen molar-refractivity contribution in [3.05, 3.63) is 34.6 Å². The normalized spacial score (nSPS) is 13.1. The van der Waals surface area contributed by atoms with Gasteiger partial charge in [-0.15, -0.1) is 0 Å². The Kier molecular flexibility index (Phi) is 2.48. The van der Waals surface area contributed by atoms with Crippen LogP contribution in [0.15, 0.2) is 12.1 Å². The first-order valence-electron chi connectivity index (χ1n) is 4.04. The van der Waals surface area contributed by atoms with E-state index < -0.39 is 0 Å². The summed E-state index contributed by atoms with van der Waals surface area (Å²) in [6.45, 7) is 5.53. The molecule has 0 unspecified atom stereocenters. The van der Waals surface area contributed by atoms with E-state index in [1.165, 1.54) is 6.07 Å². The summed E-state index contributed by atoms with van der Waals surface area (Å²) in [6.07, 6.45) is 0. The molecule has 2 heteroatoms. The Morgan fingerprint density at radius 1 is 1.25 bits per heavy atom. The predicted octanol–water partition coefficient (Wildman–Crippen LogP) is 2.46. The van der Waals surface area contributed by atoms with Gasteiger partial charge in [-0.25, -0.2) is 4.39 Å². The van der Waals surface area contributed by atoms with Gasteiger partial charge in [-0.2, -0.15) is 0 Å². The zero-order valence-electron chi connectivity index (χ0n) is 7.69. The molecule has 0 spiro atoms. The van der Waals surface area contributed by atoms with E-state index in [-0.39, 0.29) is 11.9 Å². The molecule has 0 aliphatic rings. The standard InChI is InChI=1S/C10H14FN/c1-6-5-10(11)7(2)4-9(6)8(3)12/h4-5,8H,12H2,1-3H3/t8-/m0/s1. The Morgan fingerprint density at radius 2 is 1.83 bits per heavy atom. The van der Waals surface area contributed by atoms with Crippen molar-refractivity contribution in [1.82, 2.24) is 0 Å². The SMILES string of the molecule is Cc1cc([C@H](C)N)c(C)cc1F. The Balaban J connectivity index is 3.23. The summed E-state index contributed by atoms with van der Waals surface area (Å²) in [5, 5.41) is 0. The van der Waals surface area contributed by atoms with E-state index in [0.717, 1.165) is 11.1 Å². The van der Waals surface area contributed by atoms with Gasteiger partial charge in [0.25, 0.3) is 0 Å². The second-order valence-corrected chi connectivity index (χ2v) is 3.25. The molecule has 0 saturated heterocycles. The predicted molar refractivity (Wildman–Crippen MR) is 48.5 cm³/mol. The summed E-state index contributed by atoms with van der Waals surface area (Å²) in [7, 11) is 0. The smallest absolute Gasteiger partial charge is 0.126 e. The fourth-order valence-electron chi connectivity index (χ4n) is 1.29. The van der Waals surface area contributed by atoms with Gasteiger partial charge in [0.2, 0.25) is 0 Å². The largest absolute Gasteiger partial charge is 0.324 e. The van der Waals surface area contributed by atoms with Gasteiger partial charge in [0.1, 0.15) is 5.82 Å². The molecule has 0 aliphatic carbocycles. The average Bonchev–Trinajstić information content (AvgIpc) is 1.96. The van der Waals surface area contributed by atoms with E-state index in [2.05, 4.69) is 0 Å². The van der Waals surface area contributed by atoms with Gasteiger partial charge in [-0.05, 0) is 43.5 Å². The van der Waals surface area contributed by atoms with Crippen molar-refractivity contribution in [3.63, 3.8) is 0 Å². The van der Waals surface area contributed by atoms with Gasteiger partial charge in [0.15, 0.2) is 0 Å². The van der Waals surface area contributed by atoms with Gasteiger partial charge in [0.05, 0.1) is 0 Å². The minimum Gasteiger partial charge on any atom is -0.324 e. The van der Waals surface area contributed by atoms with E-state index in [0.29, 0.717) is 5.56 Å². The molecule has 1 nitrogen and oxygen atoms in total. The number of nitrogens with two attached hydrogens (primary N) is 1. The Morgan fingerprint density at radius 3 is 2.33 bits per heavy atom. The highest BCUT2D eigenvalue weighted by molar-refractivity contribution is 5.33. The highest BCUT2D eigenvalue weighted by Gasteiger charge is 2.06. The fraction of sp³-hybridized carbons (Fsp3) is 0.400. The Hall–Kier alpha value is -0.890. The van der Waals surface area contributed by atoms with Gasteiger partial charge >= 0.3 is 0 Å². The first kappa shape index (κ1) is 9.20. The summed E-state index contributed by atoms with van der Waals surface area (Å²) in [6, 6.07) is 3.33. The Labute approximate surface area is 72.4 Å².